The number of anilines is 1. The molecule has 126 valence electrons. The van der Waals surface area contributed by atoms with Crippen LogP contribution < -0.4 is 4.90 Å². The lowest BCUT2D eigenvalue weighted by Gasteiger charge is -2.14. The molecule has 0 spiro atoms. The van der Waals surface area contributed by atoms with Gasteiger partial charge in [0.05, 0.1) is 22.2 Å². The number of nitro groups is 1. The molecule has 0 atom stereocenters. The van der Waals surface area contributed by atoms with E-state index in [1.165, 1.54) is 41.3 Å². The van der Waals surface area contributed by atoms with E-state index in [0.29, 0.717) is 5.69 Å². The highest BCUT2D eigenvalue weighted by molar-refractivity contribution is 8.27. The maximum absolute atomic E-state index is 12.6. The van der Waals surface area contributed by atoms with Gasteiger partial charge >= 0.3 is 11.9 Å². The summed E-state index contributed by atoms with van der Waals surface area (Å²) in [4.78, 5) is 35.0. The standard InChI is InChI=1S/C15H8N2O6S2/c18-13-11(7-10-4-5-12(23-10)17(21)22)25-15(24)16(13)9-3-1-2-8(6-9)14(19)20/h1-7H,(H,19,20)/b11-7-. The molecule has 1 N–H and O–H groups in total. The number of carbonyl (C=O) groups is 2. The van der Waals surface area contributed by atoms with Crippen LogP contribution in [0.4, 0.5) is 11.6 Å². The Labute approximate surface area is 149 Å². The third-order valence-corrected chi connectivity index (χ3v) is 4.51. The Bertz CT molecular complexity index is 949. The third kappa shape index (κ3) is 3.30. The van der Waals surface area contributed by atoms with Crippen molar-refractivity contribution in [3.8, 4) is 0 Å². The highest BCUT2D eigenvalue weighted by Crippen LogP contribution is 2.36. The monoisotopic (exact) mass is 376 g/mol. The molecule has 2 aromatic rings. The van der Waals surface area contributed by atoms with Gasteiger partial charge in [-0.25, -0.2) is 4.79 Å². The molecule has 1 fully saturated rings. The number of benzene rings is 1. The number of furan rings is 1. The van der Waals surface area contributed by atoms with Crippen LogP contribution in [0.3, 0.4) is 0 Å². The van der Waals surface area contributed by atoms with E-state index in [1.807, 2.05) is 0 Å². The summed E-state index contributed by atoms with van der Waals surface area (Å²) >= 11 is 6.18. The lowest BCUT2D eigenvalue weighted by molar-refractivity contribution is -0.402. The summed E-state index contributed by atoms with van der Waals surface area (Å²) in [6.07, 6.45) is 1.35. The number of aromatic carboxylic acids is 1. The molecule has 1 aromatic heterocycles. The van der Waals surface area contributed by atoms with Crippen LogP contribution >= 0.6 is 24.0 Å². The normalized spacial score (nSPS) is 15.8. The SMILES string of the molecule is O=C(O)c1cccc(N2C(=O)/C(=C/c3ccc([N+](=O)[O-])o3)SC2=S)c1. The number of carboxylic acid groups (broad SMARTS) is 1. The van der Waals surface area contributed by atoms with Crippen molar-refractivity contribution in [2.45, 2.75) is 0 Å². The molecular formula is C15H8N2O6S2. The van der Waals surface area contributed by atoms with Crippen LogP contribution in [0.2, 0.25) is 0 Å². The maximum atomic E-state index is 12.6. The van der Waals surface area contributed by atoms with Crippen LogP contribution in [0, 0.1) is 10.1 Å². The van der Waals surface area contributed by atoms with E-state index in [-0.39, 0.29) is 20.5 Å². The number of hydrogen-bond acceptors (Lipinski definition) is 7. The van der Waals surface area contributed by atoms with E-state index in [2.05, 4.69) is 0 Å². The van der Waals surface area contributed by atoms with Gasteiger partial charge in [-0.2, -0.15) is 0 Å². The Morgan fingerprint density at radius 1 is 1.36 bits per heavy atom. The molecule has 1 aliphatic heterocycles. The van der Waals surface area contributed by atoms with Crippen LogP contribution in [0.1, 0.15) is 16.1 Å². The van der Waals surface area contributed by atoms with E-state index in [1.54, 1.807) is 6.07 Å². The second kappa shape index (κ2) is 6.49. The first-order chi connectivity index (χ1) is 11.9. The molecule has 8 nitrogen and oxygen atoms in total. The molecule has 10 heteroatoms. The molecule has 1 amide bonds. The minimum Gasteiger partial charge on any atom is -0.478 e. The van der Waals surface area contributed by atoms with Crippen molar-refractivity contribution in [3.63, 3.8) is 0 Å². The van der Waals surface area contributed by atoms with Gasteiger partial charge in [0.15, 0.2) is 4.32 Å². The van der Waals surface area contributed by atoms with E-state index in [4.69, 9.17) is 21.7 Å². The fourth-order valence-corrected chi connectivity index (χ4v) is 3.39. The number of hydrogen-bond donors (Lipinski definition) is 1. The van der Waals surface area contributed by atoms with E-state index < -0.39 is 22.7 Å². The molecule has 0 bridgehead atoms. The molecule has 0 saturated carbocycles. The van der Waals surface area contributed by atoms with Crippen molar-refractivity contribution in [2.75, 3.05) is 4.90 Å². The van der Waals surface area contributed by atoms with Gasteiger partial charge < -0.3 is 9.52 Å². The molecule has 1 saturated heterocycles. The second-order valence-corrected chi connectivity index (χ2v) is 6.48. The molecular weight excluding hydrogens is 368 g/mol. The quantitative estimate of drug-likeness (QED) is 0.374. The van der Waals surface area contributed by atoms with Crippen molar-refractivity contribution in [1.82, 2.24) is 0 Å². The first kappa shape index (κ1) is 16.9. The topological polar surface area (TPSA) is 114 Å². The highest BCUT2D eigenvalue weighted by Gasteiger charge is 2.34. The average molecular weight is 376 g/mol. The molecule has 1 aromatic carbocycles. The summed E-state index contributed by atoms with van der Waals surface area (Å²) in [5.41, 5.74) is 0.355. The maximum Gasteiger partial charge on any atom is 0.433 e. The third-order valence-electron chi connectivity index (χ3n) is 3.21. The van der Waals surface area contributed by atoms with Crippen LogP contribution in [-0.4, -0.2) is 26.2 Å². The van der Waals surface area contributed by atoms with Crippen molar-refractivity contribution >= 4 is 57.8 Å². The van der Waals surface area contributed by atoms with Gasteiger partial charge in [-0.05, 0) is 24.3 Å². The van der Waals surface area contributed by atoms with Gasteiger partial charge in [0, 0.05) is 6.08 Å². The zero-order valence-corrected chi connectivity index (χ0v) is 13.9. The minimum atomic E-state index is -1.12. The number of thiocarbonyl (C=S) groups is 1. The van der Waals surface area contributed by atoms with Gasteiger partial charge in [0.1, 0.15) is 10.7 Å². The predicted octanol–water partition coefficient (Wildman–Crippen LogP) is 3.29. The van der Waals surface area contributed by atoms with Gasteiger partial charge in [0.25, 0.3) is 5.91 Å². The lowest BCUT2D eigenvalue weighted by atomic mass is 10.2. The number of thioether (sulfide) groups is 1. The Balaban J connectivity index is 1.92. The zero-order valence-electron chi connectivity index (χ0n) is 12.2. The summed E-state index contributed by atoms with van der Waals surface area (Å²) in [5.74, 6) is -1.87. The van der Waals surface area contributed by atoms with E-state index in [9.17, 15) is 19.7 Å². The Hall–Kier alpha value is -2.98. The Kier molecular flexibility index (Phi) is 4.38. The summed E-state index contributed by atoms with van der Waals surface area (Å²) in [7, 11) is 0. The summed E-state index contributed by atoms with van der Waals surface area (Å²) in [6.45, 7) is 0. The minimum absolute atomic E-state index is 0.0252. The zero-order chi connectivity index (χ0) is 18.1. The van der Waals surface area contributed by atoms with Gasteiger partial charge in [0.2, 0.25) is 0 Å². The average Bonchev–Trinajstić information content (AvgIpc) is 3.13. The smallest absolute Gasteiger partial charge is 0.433 e. The predicted molar refractivity (Wildman–Crippen MR) is 94.4 cm³/mol. The molecule has 0 radical (unpaired) electrons. The number of carbonyl (C=O) groups excluding carboxylic acids is 1. The van der Waals surface area contributed by atoms with Gasteiger partial charge in [-0.15, -0.1) is 0 Å². The van der Waals surface area contributed by atoms with Crippen LogP contribution in [0.5, 0.6) is 0 Å². The van der Waals surface area contributed by atoms with Crippen molar-refractivity contribution in [1.29, 1.82) is 0 Å². The van der Waals surface area contributed by atoms with Crippen LogP contribution in [0.25, 0.3) is 6.08 Å². The van der Waals surface area contributed by atoms with Crippen molar-refractivity contribution in [2.24, 2.45) is 0 Å². The summed E-state index contributed by atoms with van der Waals surface area (Å²) in [6, 6.07) is 8.38. The van der Waals surface area contributed by atoms with Gasteiger partial charge in [-0.3, -0.25) is 19.8 Å². The fraction of sp³-hybridized carbons (Fsp3) is 0. The number of nitrogens with zero attached hydrogens (tertiary/aromatic N) is 2. The largest absolute Gasteiger partial charge is 0.478 e. The molecule has 0 unspecified atom stereocenters. The first-order valence-corrected chi connectivity index (χ1v) is 7.95. The first-order valence-electron chi connectivity index (χ1n) is 6.72. The summed E-state index contributed by atoms with van der Waals surface area (Å²) in [5, 5.41) is 19.7. The van der Waals surface area contributed by atoms with E-state index in [0.717, 1.165) is 11.8 Å². The van der Waals surface area contributed by atoms with Gasteiger partial charge in [-0.1, -0.05) is 30.0 Å². The Morgan fingerprint density at radius 3 is 2.76 bits per heavy atom. The fourth-order valence-electron chi connectivity index (χ4n) is 2.12. The van der Waals surface area contributed by atoms with Crippen LogP contribution in [0.15, 0.2) is 45.7 Å². The summed E-state index contributed by atoms with van der Waals surface area (Å²) < 4.78 is 5.22. The molecule has 3 rings (SSSR count). The van der Waals surface area contributed by atoms with Crippen LogP contribution in [-0.2, 0) is 4.79 Å². The second-order valence-electron chi connectivity index (χ2n) is 4.81. The highest BCUT2D eigenvalue weighted by atomic mass is 32.2. The molecule has 0 aliphatic carbocycles. The number of carboxylic acids is 1. The number of amides is 1. The van der Waals surface area contributed by atoms with Crippen molar-refractivity contribution in [3.05, 3.63) is 62.7 Å². The Morgan fingerprint density at radius 2 is 2.12 bits per heavy atom. The molecule has 1 aliphatic rings. The molecule has 25 heavy (non-hydrogen) atoms. The molecule has 2 heterocycles. The lowest BCUT2D eigenvalue weighted by Crippen LogP contribution is -2.27. The van der Waals surface area contributed by atoms with Crippen molar-refractivity contribution < 1.29 is 24.0 Å². The van der Waals surface area contributed by atoms with E-state index >= 15 is 0 Å². The number of rotatable bonds is 4.